The summed E-state index contributed by atoms with van der Waals surface area (Å²) in [6.45, 7) is 3.56. The highest BCUT2D eigenvalue weighted by atomic mass is 19.4. The number of alkyl halides is 3. The van der Waals surface area contributed by atoms with E-state index in [9.17, 15) is 13.2 Å². The van der Waals surface area contributed by atoms with Gasteiger partial charge in [0, 0.05) is 19.8 Å². The monoisotopic (exact) mass is 215 g/mol. The van der Waals surface area contributed by atoms with Crippen LogP contribution >= 0.6 is 0 Å². The summed E-state index contributed by atoms with van der Waals surface area (Å²) in [6.07, 6.45) is -2.76. The first kappa shape index (κ1) is 11.6. The number of halogens is 3. The SMILES string of the molecule is C=Cc1ccc(C(F)(F)F)cc1N(C)C. The molecule has 0 aromatic heterocycles. The van der Waals surface area contributed by atoms with Crippen molar-refractivity contribution in [1.82, 2.24) is 0 Å². The van der Waals surface area contributed by atoms with Crippen LogP contribution in [0.1, 0.15) is 11.1 Å². The van der Waals surface area contributed by atoms with Crippen LogP contribution in [0.5, 0.6) is 0 Å². The van der Waals surface area contributed by atoms with E-state index < -0.39 is 11.7 Å². The third-order valence-corrected chi connectivity index (χ3v) is 2.06. The van der Waals surface area contributed by atoms with Crippen LogP contribution in [0.2, 0.25) is 0 Å². The standard InChI is InChI=1S/C11H12F3N/c1-4-8-5-6-9(11(12,13)14)7-10(8)15(2)3/h4-7H,1H2,2-3H3. The fourth-order valence-electron chi connectivity index (χ4n) is 1.28. The molecule has 0 unspecified atom stereocenters. The first-order valence-corrected chi connectivity index (χ1v) is 4.37. The van der Waals surface area contributed by atoms with Crippen molar-refractivity contribution in [2.24, 2.45) is 0 Å². The van der Waals surface area contributed by atoms with Crippen molar-refractivity contribution >= 4 is 11.8 Å². The quantitative estimate of drug-likeness (QED) is 0.730. The number of anilines is 1. The molecule has 1 nitrogen and oxygen atoms in total. The summed E-state index contributed by atoms with van der Waals surface area (Å²) in [4.78, 5) is 1.63. The second kappa shape index (κ2) is 3.96. The van der Waals surface area contributed by atoms with E-state index in [2.05, 4.69) is 6.58 Å². The van der Waals surface area contributed by atoms with Crippen molar-refractivity contribution in [3.63, 3.8) is 0 Å². The molecule has 4 heteroatoms. The second-order valence-corrected chi connectivity index (χ2v) is 3.37. The van der Waals surface area contributed by atoms with Gasteiger partial charge in [0.05, 0.1) is 5.56 Å². The van der Waals surface area contributed by atoms with Crippen LogP contribution in [-0.2, 0) is 6.18 Å². The zero-order valence-electron chi connectivity index (χ0n) is 8.60. The Hall–Kier alpha value is -1.45. The van der Waals surface area contributed by atoms with Crippen LogP contribution in [0.25, 0.3) is 6.08 Å². The Morgan fingerprint density at radius 1 is 1.27 bits per heavy atom. The average molecular weight is 215 g/mol. The van der Waals surface area contributed by atoms with E-state index in [-0.39, 0.29) is 0 Å². The summed E-state index contributed by atoms with van der Waals surface area (Å²) in [5.74, 6) is 0. The van der Waals surface area contributed by atoms with Crippen molar-refractivity contribution in [2.75, 3.05) is 19.0 Å². The van der Waals surface area contributed by atoms with Crippen molar-refractivity contribution in [1.29, 1.82) is 0 Å². The molecular formula is C11H12F3N. The van der Waals surface area contributed by atoms with Gasteiger partial charge in [0.25, 0.3) is 0 Å². The van der Waals surface area contributed by atoms with E-state index in [1.54, 1.807) is 19.0 Å². The molecular weight excluding hydrogens is 203 g/mol. The Morgan fingerprint density at radius 3 is 2.27 bits per heavy atom. The van der Waals surface area contributed by atoms with Gasteiger partial charge in [-0.15, -0.1) is 0 Å². The van der Waals surface area contributed by atoms with Gasteiger partial charge in [-0.1, -0.05) is 18.7 Å². The maximum absolute atomic E-state index is 12.4. The summed E-state index contributed by atoms with van der Waals surface area (Å²) in [5, 5.41) is 0. The molecule has 1 rings (SSSR count). The smallest absolute Gasteiger partial charge is 0.377 e. The third-order valence-electron chi connectivity index (χ3n) is 2.06. The number of rotatable bonds is 2. The van der Waals surface area contributed by atoms with Crippen molar-refractivity contribution in [3.8, 4) is 0 Å². The molecule has 0 radical (unpaired) electrons. The maximum Gasteiger partial charge on any atom is 0.416 e. The summed E-state index contributed by atoms with van der Waals surface area (Å²) >= 11 is 0. The van der Waals surface area contributed by atoms with Gasteiger partial charge in [-0.2, -0.15) is 13.2 Å². The van der Waals surface area contributed by atoms with Crippen molar-refractivity contribution in [2.45, 2.75) is 6.18 Å². The number of nitrogens with zero attached hydrogens (tertiary/aromatic N) is 1. The Kier molecular flexibility index (Phi) is 3.07. The lowest BCUT2D eigenvalue weighted by Gasteiger charge is -2.18. The number of hydrogen-bond donors (Lipinski definition) is 0. The second-order valence-electron chi connectivity index (χ2n) is 3.37. The van der Waals surface area contributed by atoms with Crippen LogP contribution in [0.3, 0.4) is 0 Å². The Balaban J connectivity index is 3.28. The van der Waals surface area contributed by atoms with Crippen LogP contribution in [-0.4, -0.2) is 14.1 Å². The van der Waals surface area contributed by atoms with Gasteiger partial charge in [0.2, 0.25) is 0 Å². The molecule has 0 saturated carbocycles. The van der Waals surface area contributed by atoms with Crippen LogP contribution in [0.15, 0.2) is 24.8 Å². The van der Waals surface area contributed by atoms with Gasteiger partial charge in [-0.05, 0) is 17.7 Å². The Morgan fingerprint density at radius 2 is 1.87 bits per heavy atom. The van der Waals surface area contributed by atoms with Gasteiger partial charge in [0.15, 0.2) is 0 Å². The summed E-state index contributed by atoms with van der Waals surface area (Å²) in [6, 6.07) is 3.60. The number of benzene rings is 1. The molecule has 0 N–H and O–H groups in total. The molecule has 82 valence electrons. The molecule has 0 aliphatic heterocycles. The van der Waals surface area contributed by atoms with Gasteiger partial charge >= 0.3 is 6.18 Å². The first-order chi connectivity index (χ1) is 6.86. The van der Waals surface area contributed by atoms with Gasteiger partial charge < -0.3 is 4.90 Å². The summed E-state index contributed by atoms with van der Waals surface area (Å²) in [5.41, 5.74) is 0.560. The van der Waals surface area contributed by atoms with E-state index in [4.69, 9.17) is 0 Å². The number of hydrogen-bond acceptors (Lipinski definition) is 1. The molecule has 0 spiro atoms. The normalized spacial score (nSPS) is 11.3. The molecule has 1 aromatic carbocycles. The van der Waals surface area contributed by atoms with Gasteiger partial charge in [-0.3, -0.25) is 0 Å². The highest BCUT2D eigenvalue weighted by Gasteiger charge is 2.30. The van der Waals surface area contributed by atoms with E-state index >= 15 is 0 Å². The van der Waals surface area contributed by atoms with Crippen LogP contribution in [0.4, 0.5) is 18.9 Å². The fraction of sp³-hybridized carbons (Fsp3) is 0.273. The Bertz CT molecular complexity index is 367. The molecule has 0 heterocycles. The average Bonchev–Trinajstić information content (AvgIpc) is 2.15. The predicted molar refractivity (Wildman–Crippen MR) is 55.9 cm³/mol. The third kappa shape index (κ3) is 2.52. The lowest BCUT2D eigenvalue weighted by Crippen LogP contribution is -2.13. The van der Waals surface area contributed by atoms with E-state index in [1.807, 2.05) is 0 Å². The summed E-state index contributed by atoms with van der Waals surface area (Å²) < 4.78 is 37.3. The highest BCUT2D eigenvalue weighted by Crippen LogP contribution is 2.33. The van der Waals surface area contributed by atoms with Crippen molar-refractivity contribution in [3.05, 3.63) is 35.9 Å². The first-order valence-electron chi connectivity index (χ1n) is 4.37. The molecule has 0 saturated heterocycles. The fourth-order valence-corrected chi connectivity index (χ4v) is 1.28. The minimum atomic E-state index is -4.30. The zero-order chi connectivity index (χ0) is 11.6. The predicted octanol–water partition coefficient (Wildman–Crippen LogP) is 3.41. The van der Waals surface area contributed by atoms with Gasteiger partial charge in [-0.25, -0.2) is 0 Å². The lowest BCUT2D eigenvalue weighted by atomic mass is 10.1. The molecule has 0 aliphatic carbocycles. The zero-order valence-corrected chi connectivity index (χ0v) is 8.60. The van der Waals surface area contributed by atoms with Crippen LogP contribution in [0, 0.1) is 0 Å². The summed E-state index contributed by atoms with van der Waals surface area (Å²) in [7, 11) is 3.39. The molecule has 15 heavy (non-hydrogen) atoms. The highest BCUT2D eigenvalue weighted by molar-refractivity contribution is 5.67. The van der Waals surface area contributed by atoms with E-state index in [0.29, 0.717) is 11.3 Å². The molecule has 0 aliphatic rings. The molecule has 0 amide bonds. The molecule has 1 aromatic rings. The minimum absolute atomic E-state index is 0.514. The largest absolute Gasteiger partial charge is 0.416 e. The molecule has 0 fully saturated rings. The lowest BCUT2D eigenvalue weighted by molar-refractivity contribution is -0.137. The van der Waals surface area contributed by atoms with E-state index in [1.165, 1.54) is 12.1 Å². The minimum Gasteiger partial charge on any atom is -0.377 e. The maximum atomic E-state index is 12.4. The topological polar surface area (TPSA) is 3.24 Å². The van der Waals surface area contributed by atoms with Gasteiger partial charge in [0.1, 0.15) is 0 Å². The molecule has 0 atom stereocenters. The van der Waals surface area contributed by atoms with Crippen LogP contribution < -0.4 is 4.90 Å². The van der Waals surface area contributed by atoms with E-state index in [0.717, 1.165) is 12.1 Å². The molecule has 0 bridgehead atoms. The Labute approximate surface area is 86.8 Å². The van der Waals surface area contributed by atoms with Crippen molar-refractivity contribution < 1.29 is 13.2 Å².